The van der Waals surface area contributed by atoms with Gasteiger partial charge in [0.15, 0.2) is 0 Å². The maximum atomic E-state index is 12.7. The molecular weight excluding hydrogens is 289 g/mol. The number of carbonyl (C=O) groups excluding carboxylic acids is 1. The van der Waals surface area contributed by atoms with Crippen molar-refractivity contribution in [3.05, 3.63) is 35.9 Å². The van der Waals surface area contributed by atoms with Crippen molar-refractivity contribution in [1.29, 1.82) is 0 Å². The molecule has 8 heteroatoms. The minimum absolute atomic E-state index is 0.150. The first-order valence-corrected chi connectivity index (χ1v) is 6.02. The van der Waals surface area contributed by atoms with Gasteiger partial charge in [-0.15, -0.1) is 0 Å². The van der Waals surface area contributed by atoms with Crippen LogP contribution >= 0.6 is 0 Å². The van der Waals surface area contributed by atoms with Crippen molar-refractivity contribution < 1.29 is 27.9 Å². The van der Waals surface area contributed by atoms with Crippen molar-refractivity contribution in [3.8, 4) is 0 Å². The summed E-state index contributed by atoms with van der Waals surface area (Å²) in [5.74, 6) is -2.82. The van der Waals surface area contributed by atoms with E-state index in [4.69, 9.17) is 5.11 Å². The van der Waals surface area contributed by atoms with Crippen molar-refractivity contribution in [1.82, 2.24) is 10.6 Å². The van der Waals surface area contributed by atoms with E-state index in [0.717, 1.165) is 5.56 Å². The molecule has 21 heavy (non-hydrogen) atoms. The largest absolute Gasteiger partial charge is 0.480 e. The normalized spacial score (nSPS) is 14.3. The van der Waals surface area contributed by atoms with Crippen LogP contribution in [0, 0.1) is 0 Å². The molecule has 1 aromatic carbocycles. The van der Waals surface area contributed by atoms with Gasteiger partial charge in [-0.1, -0.05) is 30.3 Å². The van der Waals surface area contributed by atoms with Crippen LogP contribution in [0.1, 0.15) is 12.5 Å². The minimum Gasteiger partial charge on any atom is -0.480 e. The highest BCUT2D eigenvalue weighted by Gasteiger charge is 2.57. The van der Waals surface area contributed by atoms with Gasteiger partial charge < -0.3 is 10.4 Å². The average Bonchev–Trinajstić information content (AvgIpc) is 2.42. The summed E-state index contributed by atoms with van der Waals surface area (Å²) >= 11 is 0. The zero-order valence-electron chi connectivity index (χ0n) is 11.2. The molecule has 5 nitrogen and oxygen atoms in total. The van der Waals surface area contributed by atoms with Gasteiger partial charge in [-0.2, -0.15) is 13.2 Å². The number of carbonyl (C=O) groups is 2. The number of rotatable bonds is 6. The monoisotopic (exact) mass is 304 g/mol. The molecule has 1 atom stereocenters. The highest BCUT2D eigenvalue weighted by atomic mass is 19.4. The third-order valence-electron chi connectivity index (χ3n) is 2.93. The summed E-state index contributed by atoms with van der Waals surface area (Å²) in [6.45, 7) is -0.133. The third-order valence-corrected chi connectivity index (χ3v) is 2.93. The summed E-state index contributed by atoms with van der Waals surface area (Å²) in [5.41, 5.74) is -2.39. The highest BCUT2D eigenvalue weighted by molar-refractivity contribution is 5.82. The Bertz CT molecular complexity index is 505. The number of hydrogen-bond acceptors (Lipinski definition) is 3. The Kier molecular flexibility index (Phi) is 5.31. The Labute approximate surface area is 119 Å². The molecule has 3 N–H and O–H groups in total. The Hall–Kier alpha value is -2.09. The quantitative estimate of drug-likeness (QED) is 0.740. The Balaban J connectivity index is 2.53. The van der Waals surface area contributed by atoms with Crippen LogP contribution < -0.4 is 10.6 Å². The number of halogens is 3. The van der Waals surface area contributed by atoms with Gasteiger partial charge in [0, 0.05) is 6.54 Å². The zero-order valence-corrected chi connectivity index (χ0v) is 11.2. The fourth-order valence-corrected chi connectivity index (χ4v) is 1.41. The van der Waals surface area contributed by atoms with Gasteiger partial charge in [0.05, 0.1) is 6.54 Å². The summed E-state index contributed by atoms with van der Waals surface area (Å²) in [6.07, 6.45) is -5.02. The van der Waals surface area contributed by atoms with Crippen molar-refractivity contribution in [2.75, 3.05) is 6.54 Å². The van der Waals surface area contributed by atoms with Gasteiger partial charge in [0.1, 0.15) is 0 Å². The number of hydrogen-bond donors (Lipinski definition) is 3. The first kappa shape index (κ1) is 17.0. The van der Waals surface area contributed by atoms with E-state index in [1.54, 1.807) is 35.6 Å². The van der Waals surface area contributed by atoms with Crippen molar-refractivity contribution in [2.45, 2.75) is 25.2 Å². The number of benzene rings is 1. The van der Waals surface area contributed by atoms with Crippen LogP contribution in [0.5, 0.6) is 0 Å². The van der Waals surface area contributed by atoms with E-state index in [1.165, 1.54) is 0 Å². The predicted octanol–water partition coefficient (Wildman–Crippen LogP) is 1.30. The van der Waals surface area contributed by atoms with E-state index < -0.39 is 30.1 Å². The lowest BCUT2D eigenvalue weighted by atomic mass is 10.0. The van der Waals surface area contributed by atoms with E-state index in [0.29, 0.717) is 6.92 Å². The number of aliphatic carboxylic acids is 1. The van der Waals surface area contributed by atoms with Gasteiger partial charge in [0.2, 0.25) is 11.4 Å². The fourth-order valence-electron chi connectivity index (χ4n) is 1.41. The molecular formula is C13H15F3N2O3. The molecule has 0 saturated carbocycles. The van der Waals surface area contributed by atoms with E-state index in [9.17, 15) is 22.8 Å². The van der Waals surface area contributed by atoms with Crippen LogP contribution in [-0.4, -0.2) is 35.2 Å². The van der Waals surface area contributed by atoms with Gasteiger partial charge in [-0.25, -0.2) is 4.79 Å². The molecule has 0 aliphatic rings. The first-order valence-electron chi connectivity index (χ1n) is 6.02. The van der Waals surface area contributed by atoms with E-state index in [2.05, 4.69) is 5.32 Å². The molecule has 0 fully saturated rings. The number of nitrogens with one attached hydrogen (secondary N) is 2. The number of carboxylic acids is 1. The Morgan fingerprint density at radius 1 is 1.19 bits per heavy atom. The molecule has 1 amide bonds. The van der Waals surface area contributed by atoms with Gasteiger partial charge in [0.25, 0.3) is 0 Å². The molecule has 0 radical (unpaired) electrons. The fraction of sp³-hybridized carbons (Fsp3) is 0.385. The van der Waals surface area contributed by atoms with Gasteiger partial charge in [-0.3, -0.25) is 10.1 Å². The van der Waals surface area contributed by atoms with Gasteiger partial charge in [-0.05, 0) is 12.5 Å². The van der Waals surface area contributed by atoms with E-state index >= 15 is 0 Å². The van der Waals surface area contributed by atoms with Crippen LogP contribution in [-0.2, 0) is 16.1 Å². The molecule has 0 aliphatic carbocycles. The van der Waals surface area contributed by atoms with Crippen molar-refractivity contribution >= 4 is 11.9 Å². The molecule has 0 spiro atoms. The van der Waals surface area contributed by atoms with Crippen molar-refractivity contribution in [2.24, 2.45) is 0 Å². The van der Waals surface area contributed by atoms with Crippen LogP contribution in [0.15, 0.2) is 30.3 Å². The van der Waals surface area contributed by atoms with Crippen LogP contribution in [0.3, 0.4) is 0 Å². The van der Waals surface area contributed by atoms with E-state index in [-0.39, 0.29) is 6.54 Å². The lowest BCUT2D eigenvalue weighted by Crippen LogP contribution is -2.61. The number of amides is 1. The molecule has 1 rings (SSSR count). The number of alkyl halides is 3. The first-order chi connectivity index (χ1) is 9.67. The molecule has 116 valence electrons. The molecule has 0 heterocycles. The molecule has 1 unspecified atom stereocenters. The van der Waals surface area contributed by atoms with Gasteiger partial charge >= 0.3 is 12.1 Å². The Morgan fingerprint density at radius 3 is 2.24 bits per heavy atom. The molecule has 1 aromatic rings. The smallest absolute Gasteiger partial charge is 0.417 e. The maximum absolute atomic E-state index is 12.7. The maximum Gasteiger partial charge on any atom is 0.417 e. The summed E-state index contributed by atoms with van der Waals surface area (Å²) < 4.78 is 38.0. The second-order valence-corrected chi connectivity index (χ2v) is 4.54. The average molecular weight is 304 g/mol. The van der Waals surface area contributed by atoms with E-state index in [1.807, 2.05) is 0 Å². The Morgan fingerprint density at radius 2 is 1.76 bits per heavy atom. The minimum atomic E-state index is -5.02. The third kappa shape index (κ3) is 4.45. The molecule has 0 aliphatic heterocycles. The SMILES string of the molecule is CC(NCC(=O)NCc1ccccc1)(C(=O)O)C(F)(F)F. The van der Waals surface area contributed by atoms with Crippen LogP contribution in [0.25, 0.3) is 0 Å². The summed E-state index contributed by atoms with van der Waals surface area (Å²) in [5, 5.41) is 12.8. The standard InChI is InChI=1S/C13H15F3N2O3/c1-12(11(20)21,13(14,15)16)18-8-10(19)17-7-9-5-3-2-4-6-9/h2-6,18H,7-8H2,1H3,(H,17,19)(H,20,21). The molecule has 0 aromatic heterocycles. The van der Waals surface area contributed by atoms with Crippen LogP contribution in [0.4, 0.5) is 13.2 Å². The van der Waals surface area contributed by atoms with Crippen molar-refractivity contribution in [3.63, 3.8) is 0 Å². The lowest BCUT2D eigenvalue weighted by molar-refractivity contribution is -0.205. The topological polar surface area (TPSA) is 78.4 Å². The van der Waals surface area contributed by atoms with Crippen LogP contribution in [0.2, 0.25) is 0 Å². The summed E-state index contributed by atoms with van der Waals surface area (Å²) in [4.78, 5) is 22.2. The second-order valence-electron chi connectivity index (χ2n) is 4.54. The molecule has 0 bridgehead atoms. The number of carboxylic acid groups (broad SMARTS) is 1. The molecule has 0 saturated heterocycles. The highest BCUT2D eigenvalue weighted by Crippen LogP contribution is 2.30. The summed E-state index contributed by atoms with van der Waals surface area (Å²) in [6, 6.07) is 8.78. The zero-order chi connectivity index (χ0) is 16.1. The second kappa shape index (κ2) is 6.57. The lowest BCUT2D eigenvalue weighted by Gasteiger charge is -2.28. The summed E-state index contributed by atoms with van der Waals surface area (Å²) in [7, 11) is 0. The predicted molar refractivity (Wildman–Crippen MR) is 68.4 cm³/mol.